The highest BCUT2D eigenvalue weighted by Gasteiger charge is 2.42. The molecule has 3 rings (SSSR count). The highest BCUT2D eigenvalue weighted by molar-refractivity contribution is 5.39. The number of fused-ring (bicyclic) bond motifs is 1. The van der Waals surface area contributed by atoms with Crippen molar-refractivity contribution in [2.75, 3.05) is 0 Å². The van der Waals surface area contributed by atoms with Gasteiger partial charge in [-0.2, -0.15) is 0 Å². The predicted molar refractivity (Wildman–Crippen MR) is 78.2 cm³/mol. The minimum absolute atomic E-state index is 0.115. The van der Waals surface area contributed by atoms with E-state index in [1.165, 1.54) is 25.0 Å². The van der Waals surface area contributed by atoms with E-state index < -0.39 is 0 Å². The van der Waals surface area contributed by atoms with Gasteiger partial charge in [0.15, 0.2) is 0 Å². The molecule has 1 aromatic rings. The van der Waals surface area contributed by atoms with E-state index in [0.29, 0.717) is 5.41 Å². The first-order chi connectivity index (χ1) is 9.39. The van der Waals surface area contributed by atoms with Gasteiger partial charge in [0.25, 0.3) is 0 Å². The van der Waals surface area contributed by atoms with Gasteiger partial charge in [0.1, 0.15) is 17.2 Å². The molecule has 2 atom stereocenters. The second kappa shape index (κ2) is 4.73. The molecule has 1 heterocycles. The number of halogens is 1. The number of ether oxygens (including phenoxy) is 1. The van der Waals surface area contributed by atoms with Gasteiger partial charge in [0, 0.05) is 18.0 Å². The number of rotatable bonds is 0. The summed E-state index contributed by atoms with van der Waals surface area (Å²) in [5.41, 5.74) is 7.36. The van der Waals surface area contributed by atoms with Crippen LogP contribution in [0.5, 0.6) is 5.75 Å². The third-order valence-electron chi connectivity index (χ3n) is 5.03. The molecular weight excluding hydrogens is 253 g/mol. The Balaban J connectivity index is 1.88. The van der Waals surface area contributed by atoms with Crippen LogP contribution in [0.25, 0.3) is 0 Å². The van der Waals surface area contributed by atoms with Crippen LogP contribution in [0, 0.1) is 11.2 Å². The largest absolute Gasteiger partial charge is 0.487 e. The normalized spacial score (nSPS) is 32.3. The van der Waals surface area contributed by atoms with Crippen molar-refractivity contribution in [3.05, 3.63) is 29.6 Å². The van der Waals surface area contributed by atoms with Crippen molar-refractivity contribution in [3.8, 4) is 5.75 Å². The van der Waals surface area contributed by atoms with Crippen LogP contribution in [0.1, 0.15) is 64.0 Å². The molecule has 2 aliphatic rings. The Kier molecular flexibility index (Phi) is 3.28. The first kappa shape index (κ1) is 13.9. The maximum Gasteiger partial charge on any atom is 0.125 e. The summed E-state index contributed by atoms with van der Waals surface area (Å²) < 4.78 is 19.7. The van der Waals surface area contributed by atoms with Crippen LogP contribution in [0.4, 0.5) is 4.39 Å². The number of benzene rings is 1. The zero-order valence-corrected chi connectivity index (χ0v) is 12.4. The van der Waals surface area contributed by atoms with E-state index >= 15 is 0 Å². The van der Waals surface area contributed by atoms with Gasteiger partial charge in [0.2, 0.25) is 0 Å². The molecule has 0 amide bonds. The highest BCUT2D eigenvalue weighted by atomic mass is 19.1. The van der Waals surface area contributed by atoms with Gasteiger partial charge < -0.3 is 10.5 Å². The van der Waals surface area contributed by atoms with Crippen LogP contribution in [0.2, 0.25) is 0 Å². The standard InChI is InChI=1S/C17H24FNO/c1-16(2)6-3-7-17(9-8-16)11-14(19)13-10-12(18)4-5-15(13)20-17/h4-5,10,14H,3,6-9,11,19H2,1-2H3/t14-,17?/m0/s1. The van der Waals surface area contributed by atoms with E-state index in [2.05, 4.69) is 13.8 Å². The Hall–Kier alpha value is -1.09. The lowest BCUT2D eigenvalue weighted by Gasteiger charge is -2.41. The fourth-order valence-electron chi connectivity index (χ4n) is 3.70. The summed E-state index contributed by atoms with van der Waals surface area (Å²) in [7, 11) is 0. The van der Waals surface area contributed by atoms with Crippen molar-refractivity contribution in [1.29, 1.82) is 0 Å². The van der Waals surface area contributed by atoms with E-state index in [4.69, 9.17) is 10.5 Å². The summed E-state index contributed by atoms with van der Waals surface area (Å²) in [4.78, 5) is 0. The lowest BCUT2D eigenvalue weighted by molar-refractivity contribution is 0.0187. The number of hydrogen-bond acceptors (Lipinski definition) is 2. The molecule has 1 saturated carbocycles. The molecule has 110 valence electrons. The van der Waals surface area contributed by atoms with E-state index in [9.17, 15) is 4.39 Å². The monoisotopic (exact) mass is 277 g/mol. The summed E-state index contributed by atoms with van der Waals surface area (Å²) in [6, 6.07) is 4.61. The topological polar surface area (TPSA) is 35.2 Å². The minimum atomic E-state index is -0.235. The molecular formula is C17H24FNO. The molecule has 20 heavy (non-hydrogen) atoms. The molecule has 2 nitrogen and oxygen atoms in total. The molecule has 1 spiro atoms. The third-order valence-corrected chi connectivity index (χ3v) is 5.03. The summed E-state index contributed by atoms with van der Waals surface area (Å²) in [5.74, 6) is 0.547. The van der Waals surface area contributed by atoms with Gasteiger partial charge in [-0.1, -0.05) is 13.8 Å². The smallest absolute Gasteiger partial charge is 0.125 e. The number of nitrogens with two attached hydrogens (primary N) is 1. The molecule has 3 heteroatoms. The Bertz CT molecular complexity index is 514. The molecule has 1 aromatic carbocycles. The first-order valence-corrected chi connectivity index (χ1v) is 7.63. The van der Waals surface area contributed by atoms with Crippen molar-refractivity contribution in [1.82, 2.24) is 0 Å². The molecule has 1 aliphatic heterocycles. The molecule has 1 fully saturated rings. The van der Waals surface area contributed by atoms with E-state index in [1.54, 1.807) is 6.07 Å². The first-order valence-electron chi connectivity index (χ1n) is 7.63. The Labute approximate surface area is 120 Å². The van der Waals surface area contributed by atoms with Crippen LogP contribution < -0.4 is 10.5 Å². The lowest BCUT2D eigenvalue weighted by Crippen LogP contribution is -2.42. The average molecular weight is 277 g/mol. The van der Waals surface area contributed by atoms with Crippen LogP contribution >= 0.6 is 0 Å². The van der Waals surface area contributed by atoms with Crippen LogP contribution in [0.15, 0.2) is 18.2 Å². The fraction of sp³-hybridized carbons (Fsp3) is 0.647. The van der Waals surface area contributed by atoms with Crippen LogP contribution in [-0.4, -0.2) is 5.60 Å². The fourth-order valence-corrected chi connectivity index (χ4v) is 3.70. The summed E-state index contributed by atoms with van der Waals surface area (Å²) >= 11 is 0. The molecule has 0 aromatic heterocycles. The molecule has 0 radical (unpaired) electrons. The summed E-state index contributed by atoms with van der Waals surface area (Å²) in [5, 5.41) is 0. The van der Waals surface area contributed by atoms with E-state index in [-0.39, 0.29) is 17.5 Å². The second-order valence-corrected chi connectivity index (χ2v) is 7.30. The van der Waals surface area contributed by atoms with Gasteiger partial charge in [0.05, 0.1) is 0 Å². The van der Waals surface area contributed by atoms with Gasteiger partial charge in [-0.15, -0.1) is 0 Å². The molecule has 0 bridgehead atoms. The number of hydrogen-bond donors (Lipinski definition) is 1. The van der Waals surface area contributed by atoms with Crippen molar-refractivity contribution < 1.29 is 9.13 Å². The highest BCUT2D eigenvalue weighted by Crippen LogP contribution is 2.47. The zero-order chi connectivity index (χ0) is 14.4. The Morgan fingerprint density at radius 1 is 1.20 bits per heavy atom. The maximum atomic E-state index is 13.4. The van der Waals surface area contributed by atoms with Gasteiger partial charge >= 0.3 is 0 Å². The predicted octanol–water partition coefficient (Wildman–Crippen LogP) is 4.34. The molecule has 1 aliphatic carbocycles. The third kappa shape index (κ3) is 2.56. The maximum absolute atomic E-state index is 13.4. The van der Waals surface area contributed by atoms with Crippen molar-refractivity contribution >= 4 is 0 Å². The molecule has 0 saturated heterocycles. The lowest BCUT2D eigenvalue weighted by atomic mass is 9.80. The van der Waals surface area contributed by atoms with E-state index in [0.717, 1.165) is 37.0 Å². The molecule has 1 unspecified atom stereocenters. The van der Waals surface area contributed by atoms with Crippen molar-refractivity contribution in [3.63, 3.8) is 0 Å². The van der Waals surface area contributed by atoms with E-state index in [1.807, 2.05) is 0 Å². The van der Waals surface area contributed by atoms with Gasteiger partial charge in [-0.05, 0) is 55.7 Å². The van der Waals surface area contributed by atoms with Gasteiger partial charge in [-0.25, -0.2) is 4.39 Å². The summed E-state index contributed by atoms with van der Waals surface area (Å²) in [6.45, 7) is 4.66. The second-order valence-electron chi connectivity index (χ2n) is 7.30. The quantitative estimate of drug-likeness (QED) is 0.765. The summed E-state index contributed by atoms with van der Waals surface area (Å²) in [6.07, 6.45) is 6.49. The van der Waals surface area contributed by atoms with Crippen molar-refractivity contribution in [2.45, 2.75) is 64.0 Å². The Morgan fingerprint density at radius 3 is 2.80 bits per heavy atom. The van der Waals surface area contributed by atoms with Crippen molar-refractivity contribution in [2.24, 2.45) is 11.1 Å². The SMILES string of the molecule is CC1(C)CCCC2(CC1)C[C@H](N)c1cc(F)ccc1O2. The van der Waals surface area contributed by atoms with Crippen LogP contribution in [-0.2, 0) is 0 Å². The van der Waals surface area contributed by atoms with Gasteiger partial charge in [-0.3, -0.25) is 0 Å². The van der Waals surface area contributed by atoms with Crippen LogP contribution in [0.3, 0.4) is 0 Å². The Morgan fingerprint density at radius 2 is 2.00 bits per heavy atom. The molecule has 2 N–H and O–H groups in total. The minimum Gasteiger partial charge on any atom is -0.487 e. The zero-order valence-electron chi connectivity index (χ0n) is 12.4. The average Bonchev–Trinajstić information content (AvgIpc) is 2.51.